The molecule has 0 atom stereocenters. The van der Waals surface area contributed by atoms with E-state index in [0.29, 0.717) is 37.9 Å². The monoisotopic (exact) mass is 438 g/mol. The molecule has 2 aliphatic rings. The van der Waals surface area contributed by atoms with E-state index in [4.69, 9.17) is 25.5 Å². The standard InChI is InChI=1S/C22H15ClN2O4S/c23-17-11-19-18(28-13-29-19)9-14(17)10-20-21(26)25(12-16-7-4-8-27-16)22(30-20)24-15-5-2-1-3-6-15/h1-11H,12-13H2/b20-10-,24-22?. The van der Waals surface area contributed by atoms with Crippen molar-refractivity contribution < 1.29 is 18.7 Å². The van der Waals surface area contributed by atoms with Gasteiger partial charge in [0.25, 0.3) is 5.91 Å². The second kappa shape index (κ2) is 7.93. The van der Waals surface area contributed by atoms with Gasteiger partial charge in [0.15, 0.2) is 16.7 Å². The second-order valence-corrected chi connectivity index (χ2v) is 7.95. The maximum Gasteiger partial charge on any atom is 0.267 e. The molecule has 0 spiro atoms. The zero-order chi connectivity index (χ0) is 20.5. The first-order valence-electron chi connectivity index (χ1n) is 9.14. The smallest absolute Gasteiger partial charge is 0.267 e. The van der Waals surface area contributed by atoms with Crippen molar-refractivity contribution in [3.05, 3.63) is 82.1 Å². The van der Waals surface area contributed by atoms with Gasteiger partial charge in [0.2, 0.25) is 6.79 Å². The third kappa shape index (κ3) is 3.69. The Hall–Kier alpha value is -3.16. The second-order valence-electron chi connectivity index (χ2n) is 6.54. The van der Waals surface area contributed by atoms with Crippen molar-refractivity contribution in [2.45, 2.75) is 6.54 Å². The Morgan fingerprint density at radius 3 is 2.67 bits per heavy atom. The van der Waals surface area contributed by atoms with E-state index in [2.05, 4.69) is 4.99 Å². The molecule has 1 fully saturated rings. The van der Waals surface area contributed by atoms with Gasteiger partial charge in [0.05, 0.1) is 28.4 Å². The molecule has 0 N–H and O–H groups in total. The number of hydrogen-bond acceptors (Lipinski definition) is 6. The summed E-state index contributed by atoms with van der Waals surface area (Å²) < 4.78 is 16.2. The van der Waals surface area contributed by atoms with Crippen LogP contribution in [0.1, 0.15) is 11.3 Å². The first kappa shape index (κ1) is 18.8. The molecule has 5 rings (SSSR count). The largest absolute Gasteiger partial charge is 0.467 e. The number of nitrogens with zero attached hydrogens (tertiary/aromatic N) is 2. The van der Waals surface area contributed by atoms with Crippen molar-refractivity contribution in [2.24, 2.45) is 4.99 Å². The summed E-state index contributed by atoms with van der Waals surface area (Å²) in [5.41, 5.74) is 1.44. The number of ether oxygens (including phenoxy) is 2. The molecular weight excluding hydrogens is 424 g/mol. The zero-order valence-electron chi connectivity index (χ0n) is 15.6. The molecule has 2 aliphatic heterocycles. The Balaban J connectivity index is 1.51. The summed E-state index contributed by atoms with van der Waals surface area (Å²) in [5, 5.41) is 1.05. The van der Waals surface area contributed by atoms with E-state index in [0.717, 1.165) is 5.69 Å². The summed E-state index contributed by atoms with van der Waals surface area (Å²) in [6, 6.07) is 16.6. The van der Waals surface area contributed by atoms with Gasteiger partial charge in [-0.15, -0.1) is 0 Å². The Bertz CT molecular complexity index is 1160. The Labute approximate surface area is 181 Å². The number of aliphatic imine (C=N–C) groups is 1. The third-order valence-corrected chi connectivity index (χ3v) is 5.88. The van der Waals surface area contributed by atoms with E-state index in [1.54, 1.807) is 35.4 Å². The lowest BCUT2D eigenvalue weighted by Gasteiger charge is -2.13. The number of halogens is 1. The van der Waals surface area contributed by atoms with Crippen LogP contribution >= 0.6 is 23.4 Å². The van der Waals surface area contributed by atoms with E-state index in [-0.39, 0.29) is 19.2 Å². The predicted octanol–water partition coefficient (Wildman–Crippen LogP) is 5.47. The minimum atomic E-state index is -0.167. The van der Waals surface area contributed by atoms with Crippen molar-refractivity contribution in [2.75, 3.05) is 6.79 Å². The van der Waals surface area contributed by atoms with E-state index >= 15 is 0 Å². The molecule has 8 heteroatoms. The number of furan rings is 1. The van der Waals surface area contributed by atoms with Crippen molar-refractivity contribution in [1.29, 1.82) is 0 Å². The topological polar surface area (TPSA) is 64.3 Å². The molecule has 0 bridgehead atoms. The van der Waals surface area contributed by atoms with Crippen LogP contribution in [0.4, 0.5) is 5.69 Å². The maximum atomic E-state index is 13.2. The SMILES string of the molecule is O=C1/C(=C/c2cc3c(cc2Cl)OCO3)SC(=Nc2ccccc2)N1Cc1ccco1. The fourth-order valence-corrected chi connectivity index (χ4v) is 4.28. The Morgan fingerprint density at radius 1 is 1.10 bits per heavy atom. The van der Waals surface area contributed by atoms with Gasteiger partial charge in [0, 0.05) is 6.07 Å². The van der Waals surface area contributed by atoms with Gasteiger partial charge in [-0.3, -0.25) is 9.69 Å². The van der Waals surface area contributed by atoms with Crippen LogP contribution in [0.2, 0.25) is 5.02 Å². The molecule has 3 aromatic rings. The number of carbonyl (C=O) groups excluding carboxylic acids is 1. The minimum Gasteiger partial charge on any atom is -0.467 e. The number of fused-ring (bicyclic) bond motifs is 1. The summed E-state index contributed by atoms with van der Waals surface area (Å²) in [6.07, 6.45) is 3.33. The number of rotatable bonds is 4. The molecule has 2 aromatic carbocycles. The molecule has 3 heterocycles. The average molecular weight is 439 g/mol. The summed E-state index contributed by atoms with van der Waals surface area (Å²) in [5.74, 6) is 1.71. The highest BCUT2D eigenvalue weighted by atomic mass is 35.5. The van der Waals surface area contributed by atoms with Crippen molar-refractivity contribution >= 4 is 46.2 Å². The van der Waals surface area contributed by atoms with E-state index in [9.17, 15) is 4.79 Å². The van der Waals surface area contributed by atoms with Crippen molar-refractivity contribution in [1.82, 2.24) is 4.90 Å². The van der Waals surface area contributed by atoms with Crippen LogP contribution in [0.15, 0.2) is 75.2 Å². The number of carbonyl (C=O) groups is 1. The average Bonchev–Trinajstić information content (AvgIpc) is 3.48. The normalized spacial score (nSPS) is 18.0. The van der Waals surface area contributed by atoms with Gasteiger partial charge in [-0.25, -0.2) is 4.99 Å². The molecule has 0 radical (unpaired) electrons. The fraction of sp³-hybridized carbons (Fsp3) is 0.0909. The number of amides is 1. The van der Waals surface area contributed by atoms with Crippen LogP contribution in [0.5, 0.6) is 11.5 Å². The Morgan fingerprint density at radius 2 is 1.90 bits per heavy atom. The summed E-state index contributed by atoms with van der Waals surface area (Å²) in [7, 11) is 0. The molecule has 6 nitrogen and oxygen atoms in total. The van der Waals surface area contributed by atoms with Gasteiger partial charge >= 0.3 is 0 Å². The quantitative estimate of drug-likeness (QED) is 0.505. The predicted molar refractivity (Wildman–Crippen MR) is 116 cm³/mol. The molecule has 1 saturated heterocycles. The van der Waals surface area contributed by atoms with Crippen molar-refractivity contribution in [3.63, 3.8) is 0 Å². The van der Waals surface area contributed by atoms with Crippen LogP contribution in [-0.2, 0) is 11.3 Å². The number of hydrogen-bond donors (Lipinski definition) is 0. The fourth-order valence-electron chi connectivity index (χ4n) is 3.09. The van der Waals surface area contributed by atoms with Crippen LogP contribution in [0.3, 0.4) is 0 Å². The molecule has 0 saturated carbocycles. The lowest BCUT2D eigenvalue weighted by Crippen LogP contribution is -2.28. The lowest BCUT2D eigenvalue weighted by atomic mass is 10.2. The summed E-state index contributed by atoms with van der Waals surface area (Å²) in [6.45, 7) is 0.445. The van der Waals surface area contributed by atoms with Crippen molar-refractivity contribution in [3.8, 4) is 11.5 Å². The molecule has 30 heavy (non-hydrogen) atoms. The zero-order valence-corrected chi connectivity index (χ0v) is 17.2. The van der Waals surface area contributed by atoms with Gasteiger partial charge in [-0.1, -0.05) is 29.8 Å². The van der Waals surface area contributed by atoms with E-state index in [1.807, 2.05) is 36.4 Å². The molecule has 1 amide bonds. The highest BCUT2D eigenvalue weighted by Gasteiger charge is 2.34. The van der Waals surface area contributed by atoms with Gasteiger partial charge < -0.3 is 13.9 Å². The first-order valence-corrected chi connectivity index (χ1v) is 10.3. The van der Waals surface area contributed by atoms with Crippen LogP contribution in [0.25, 0.3) is 6.08 Å². The lowest BCUT2D eigenvalue weighted by molar-refractivity contribution is -0.122. The van der Waals surface area contributed by atoms with Gasteiger partial charge in [-0.05, 0) is 53.7 Å². The van der Waals surface area contributed by atoms with Gasteiger partial charge in [0.1, 0.15) is 5.76 Å². The van der Waals surface area contributed by atoms with E-state index in [1.165, 1.54) is 11.8 Å². The summed E-state index contributed by atoms with van der Waals surface area (Å²) in [4.78, 5) is 20.0. The van der Waals surface area contributed by atoms with Crippen LogP contribution in [-0.4, -0.2) is 22.8 Å². The molecule has 1 aromatic heterocycles. The maximum absolute atomic E-state index is 13.2. The highest BCUT2D eigenvalue weighted by molar-refractivity contribution is 8.18. The number of thioether (sulfide) groups is 1. The summed E-state index contributed by atoms with van der Waals surface area (Å²) >= 11 is 7.69. The molecule has 0 unspecified atom stereocenters. The highest BCUT2D eigenvalue weighted by Crippen LogP contribution is 2.40. The van der Waals surface area contributed by atoms with Crippen LogP contribution < -0.4 is 9.47 Å². The number of para-hydroxylation sites is 1. The molecule has 0 aliphatic carbocycles. The number of benzene rings is 2. The Kier molecular flexibility index (Phi) is 4.98. The molecular formula is C22H15ClN2O4S. The van der Waals surface area contributed by atoms with E-state index < -0.39 is 0 Å². The molecule has 150 valence electrons. The van der Waals surface area contributed by atoms with Crippen LogP contribution in [0, 0.1) is 0 Å². The first-order chi connectivity index (χ1) is 14.7. The third-order valence-electron chi connectivity index (χ3n) is 4.54. The number of amidine groups is 1. The minimum absolute atomic E-state index is 0.157. The van der Waals surface area contributed by atoms with Gasteiger partial charge in [-0.2, -0.15) is 0 Å².